The summed E-state index contributed by atoms with van der Waals surface area (Å²) in [5, 5.41) is 0. The molecule has 0 aromatic rings. The molecule has 0 rings (SSSR count). The fourth-order valence-electron chi connectivity index (χ4n) is 7.72. The molecule has 62 heavy (non-hydrogen) atoms. The van der Waals surface area contributed by atoms with Gasteiger partial charge in [0.1, 0.15) is 13.2 Å². The number of hydrogen-bond acceptors (Lipinski definition) is 6. The SMILES string of the molecule is CCCCCCCCC=CCCCCCCCC(=O)OCC(COC(=O)CCCCCCC=CCCCCCCCC)OC(=O)CCCCCCC=CCCCCCCCCC. The molecule has 0 aromatic carbocycles. The summed E-state index contributed by atoms with van der Waals surface area (Å²) >= 11 is 0. The van der Waals surface area contributed by atoms with E-state index in [9.17, 15) is 14.4 Å². The highest BCUT2D eigenvalue weighted by molar-refractivity contribution is 5.71. The lowest BCUT2D eigenvalue weighted by atomic mass is 10.1. The third kappa shape index (κ3) is 48.7. The number of hydrogen-bond donors (Lipinski definition) is 0. The molecule has 0 amide bonds. The van der Waals surface area contributed by atoms with Gasteiger partial charge in [0.05, 0.1) is 0 Å². The van der Waals surface area contributed by atoms with Crippen LogP contribution in [0.2, 0.25) is 0 Å². The lowest BCUT2D eigenvalue weighted by molar-refractivity contribution is -0.167. The summed E-state index contributed by atoms with van der Waals surface area (Å²) in [4.78, 5) is 38.0. The topological polar surface area (TPSA) is 78.9 Å². The third-order valence-corrected chi connectivity index (χ3v) is 11.8. The van der Waals surface area contributed by atoms with Crippen molar-refractivity contribution in [2.24, 2.45) is 0 Å². The van der Waals surface area contributed by atoms with Crippen LogP contribution in [0, 0.1) is 0 Å². The van der Waals surface area contributed by atoms with Crippen molar-refractivity contribution in [1.82, 2.24) is 0 Å². The number of esters is 3. The standard InChI is InChI=1S/C56H102O6/c1-4-7-10-13-16-19-22-25-28-31-34-37-40-43-46-49-55(58)61-52-53(51-60-54(57)48-45-42-39-36-33-30-27-24-21-18-15-12-9-6-3)62-56(59)50-47-44-41-38-35-32-29-26-23-20-17-14-11-8-5-2/h25,27-30,32,53H,4-24,26,31,33-52H2,1-3H3. The van der Waals surface area contributed by atoms with Gasteiger partial charge in [-0.1, -0.05) is 205 Å². The monoisotopic (exact) mass is 871 g/mol. The van der Waals surface area contributed by atoms with Crippen LogP contribution in [0.1, 0.15) is 284 Å². The van der Waals surface area contributed by atoms with Crippen LogP contribution in [0.4, 0.5) is 0 Å². The highest BCUT2D eigenvalue weighted by Crippen LogP contribution is 2.14. The molecule has 0 saturated carbocycles. The first-order chi connectivity index (χ1) is 30.5. The maximum Gasteiger partial charge on any atom is 0.306 e. The van der Waals surface area contributed by atoms with Gasteiger partial charge >= 0.3 is 17.9 Å². The van der Waals surface area contributed by atoms with Crippen molar-refractivity contribution in [1.29, 1.82) is 0 Å². The van der Waals surface area contributed by atoms with Crippen LogP contribution < -0.4 is 0 Å². The van der Waals surface area contributed by atoms with Gasteiger partial charge in [0.15, 0.2) is 6.10 Å². The number of ether oxygens (including phenoxy) is 3. The summed E-state index contributed by atoms with van der Waals surface area (Å²) in [5.74, 6) is -0.903. The average molecular weight is 871 g/mol. The summed E-state index contributed by atoms with van der Waals surface area (Å²) in [6.07, 6.45) is 59.8. The molecule has 0 radical (unpaired) electrons. The van der Waals surface area contributed by atoms with Gasteiger partial charge in [-0.3, -0.25) is 14.4 Å². The number of rotatable bonds is 49. The number of carbonyl (C=O) groups is 3. The molecule has 0 fully saturated rings. The summed E-state index contributed by atoms with van der Waals surface area (Å²) in [6.45, 7) is 6.62. The van der Waals surface area contributed by atoms with E-state index in [1.165, 1.54) is 154 Å². The van der Waals surface area contributed by atoms with Gasteiger partial charge in [0.2, 0.25) is 0 Å². The Bertz CT molecular complexity index is 1050. The molecule has 0 aliphatic rings. The van der Waals surface area contributed by atoms with E-state index in [4.69, 9.17) is 14.2 Å². The normalized spacial score (nSPS) is 12.2. The van der Waals surface area contributed by atoms with Crippen LogP contribution in [-0.4, -0.2) is 37.2 Å². The van der Waals surface area contributed by atoms with Crippen molar-refractivity contribution in [3.63, 3.8) is 0 Å². The van der Waals surface area contributed by atoms with E-state index in [1.54, 1.807) is 0 Å². The maximum atomic E-state index is 12.8. The van der Waals surface area contributed by atoms with Crippen molar-refractivity contribution >= 4 is 17.9 Å². The Hall–Kier alpha value is -2.37. The Kier molecular flexibility index (Phi) is 49.3. The van der Waals surface area contributed by atoms with Gasteiger partial charge in [0, 0.05) is 19.3 Å². The first-order valence-electron chi connectivity index (χ1n) is 27.0. The molecule has 6 heteroatoms. The van der Waals surface area contributed by atoms with Crippen LogP contribution in [-0.2, 0) is 28.6 Å². The average Bonchev–Trinajstić information content (AvgIpc) is 3.27. The zero-order chi connectivity index (χ0) is 45.1. The molecule has 362 valence electrons. The predicted octanol–water partition coefficient (Wildman–Crippen LogP) is 17.7. The largest absolute Gasteiger partial charge is 0.462 e. The van der Waals surface area contributed by atoms with Gasteiger partial charge in [-0.05, 0) is 96.3 Å². The first-order valence-corrected chi connectivity index (χ1v) is 27.0. The van der Waals surface area contributed by atoms with Crippen LogP contribution >= 0.6 is 0 Å². The Labute approximate surface area is 385 Å². The van der Waals surface area contributed by atoms with Gasteiger partial charge in [-0.2, -0.15) is 0 Å². The number of unbranched alkanes of at least 4 members (excludes halogenated alkanes) is 32. The zero-order valence-electron chi connectivity index (χ0n) is 41.4. The number of carbonyl (C=O) groups excluding carboxylic acids is 3. The second-order valence-electron chi connectivity index (χ2n) is 18.1. The third-order valence-electron chi connectivity index (χ3n) is 11.8. The molecular formula is C56H102O6. The molecule has 0 aliphatic carbocycles. The molecule has 0 aromatic heterocycles. The Morgan fingerprint density at radius 2 is 0.532 bits per heavy atom. The summed E-state index contributed by atoms with van der Waals surface area (Å²) in [6, 6.07) is 0. The minimum atomic E-state index is -0.783. The molecule has 1 atom stereocenters. The first kappa shape index (κ1) is 59.6. The van der Waals surface area contributed by atoms with Crippen molar-refractivity contribution in [3.8, 4) is 0 Å². The minimum absolute atomic E-state index is 0.0828. The summed E-state index contributed by atoms with van der Waals surface area (Å²) in [5.41, 5.74) is 0. The zero-order valence-corrected chi connectivity index (χ0v) is 41.4. The summed E-state index contributed by atoms with van der Waals surface area (Å²) < 4.78 is 16.8. The fraction of sp³-hybridized carbons (Fsp3) is 0.839. The fourth-order valence-corrected chi connectivity index (χ4v) is 7.72. The molecule has 0 heterocycles. The maximum absolute atomic E-state index is 12.8. The molecular weight excluding hydrogens is 769 g/mol. The van der Waals surface area contributed by atoms with Crippen molar-refractivity contribution in [3.05, 3.63) is 36.5 Å². The van der Waals surface area contributed by atoms with E-state index in [-0.39, 0.29) is 31.1 Å². The van der Waals surface area contributed by atoms with E-state index in [0.29, 0.717) is 19.3 Å². The Morgan fingerprint density at radius 3 is 0.806 bits per heavy atom. The molecule has 0 spiro atoms. The van der Waals surface area contributed by atoms with Crippen LogP contribution in [0.3, 0.4) is 0 Å². The van der Waals surface area contributed by atoms with Gasteiger partial charge < -0.3 is 14.2 Å². The van der Waals surface area contributed by atoms with Crippen molar-refractivity contribution in [2.75, 3.05) is 13.2 Å². The van der Waals surface area contributed by atoms with Crippen molar-refractivity contribution < 1.29 is 28.6 Å². The van der Waals surface area contributed by atoms with Gasteiger partial charge in [0.25, 0.3) is 0 Å². The molecule has 0 saturated heterocycles. The van der Waals surface area contributed by atoms with E-state index in [0.717, 1.165) is 89.9 Å². The van der Waals surface area contributed by atoms with E-state index in [2.05, 4.69) is 57.2 Å². The predicted molar refractivity (Wildman–Crippen MR) is 266 cm³/mol. The second-order valence-corrected chi connectivity index (χ2v) is 18.1. The Morgan fingerprint density at radius 1 is 0.306 bits per heavy atom. The molecule has 6 nitrogen and oxygen atoms in total. The van der Waals surface area contributed by atoms with E-state index in [1.807, 2.05) is 0 Å². The summed E-state index contributed by atoms with van der Waals surface area (Å²) in [7, 11) is 0. The minimum Gasteiger partial charge on any atom is -0.462 e. The molecule has 0 aliphatic heterocycles. The molecule has 1 unspecified atom stereocenters. The van der Waals surface area contributed by atoms with Gasteiger partial charge in [-0.15, -0.1) is 0 Å². The lowest BCUT2D eigenvalue weighted by Gasteiger charge is -2.18. The lowest BCUT2D eigenvalue weighted by Crippen LogP contribution is -2.30. The molecule has 0 N–H and O–H groups in total. The van der Waals surface area contributed by atoms with Crippen LogP contribution in [0.25, 0.3) is 0 Å². The smallest absolute Gasteiger partial charge is 0.306 e. The molecule has 0 bridgehead atoms. The van der Waals surface area contributed by atoms with Crippen molar-refractivity contribution in [2.45, 2.75) is 290 Å². The van der Waals surface area contributed by atoms with Crippen LogP contribution in [0.15, 0.2) is 36.5 Å². The highest BCUT2D eigenvalue weighted by atomic mass is 16.6. The van der Waals surface area contributed by atoms with Crippen LogP contribution in [0.5, 0.6) is 0 Å². The highest BCUT2D eigenvalue weighted by Gasteiger charge is 2.19. The van der Waals surface area contributed by atoms with Gasteiger partial charge in [-0.25, -0.2) is 0 Å². The second kappa shape index (κ2) is 51.3. The van der Waals surface area contributed by atoms with E-state index < -0.39 is 6.10 Å². The van der Waals surface area contributed by atoms with E-state index >= 15 is 0 Å². The quantitative estimate of drug-likeness (QED) is 0.0262. The Balaban J connectivity index is 4.40. The number of allylic oxidation sites excluding steroid dienone is 6.